The summed E-state index contributed by atoms with van der Waals surface area (Å²) in [6, 6.07) is 0. The van der Waals surface area contributed by atoms with Gasteiger partial charge >= 0.3 is 5.97 Å². The smallest absolute Gasteiger partial charge is 0.311 e. The third kappa shape index (κ3) is 20.8. The van der Waals surface area contributed by atoms with Gasteiger partial charge in [0, 0.05) is 25.4 Å². The molecule has 7 unspecified atom stereocenters. The Hall–Kier alpha value is -2.49. The van der Waals surface area contributed by atoms with Gasteiger partial charge in [-0.2, -0.15) is 0 Å². The molecule has 322 valence electrons. The monoisotopic (exact) mass is 787 g/mol. The fourth-order valence-electron chi connectivity index (χ4n) is 7.92. The maximum atomic E-state index is 13.1. The van der Waals surface area contributed by atoms with Crippen molar-refractivity contribution in [3.05, 3.63) is 36.0 Å². The molecule has 0 spiro atoms. The quantitative estimate of drug-likeness (QED) is 0.0313. The van der Waals surface area contributed by atoms with E-state index in [9.17, 15) is 24.6 Å². The summed E-state index contributed by atoms with van der Waals surface area (Å²) in [7, 11) is 0. The van der Waals surface area contributed by atoms with E-state index in [2.05, 4.69) is 61.8 Å². The zero-order valence-electron chi connectivity index (χ0n) is 36.3. The first-order valence-corrected chi connectivity index (χ1v) is 22.6. The number of unbranched alkanes of at least 4 members (excludes halogenated alkanes) is 11. The average molecular weight is 787 g/mol. The van der Waals surface area contributed by atoms with Crippen LogP contribution in [0.4, 0.5) is 0 Å². The van der Waals surface area contributed by atoms with Gasteiger partial charge in [-0.25, -0.2) is 0 Å². The fourth-order valence-corrected chi connectivity index (χ4v) is 7.92. The Bertz CT molecular complexity index is 1200. The maximum Gasteiger partial charge on any atom is 0.311 e. The minimum atomic E-state index is -0.956. The number of hydrogen-bond acceptors (Lipinski definition) is 7. The normalized spacial score (nSPS) is 22.0. The van der Waals surface area contributed by atoms with Crippen LogP contribution in [0.1, 0.15) is 170 Å². The molecule has 0 saturated heterocycles. The van der Waals surface area contributed by atoms with Crippen molar-refractivity contribution in [3.63, 3.8) is 0 Å². The first kappa shape index (κ1) is 49.7. The van der Waals surface area contributed by atoms with E-state index in [0.29, 0.717) is 51.5 Å². The number of rotatable bonds is 31. The molecule has 0 heterocycles. The lowest BCUT2D eigenvalue weighted by atomic mass is 9.65. The van der Waals surface area contributed by atoms with Gasteiger partial charge in [-0.15, -0.1) is 0 Å². The van der Waals surface area contributed by atoms with Gasteiger partial charge in [0.15, 0.2) is 0 Å². The predicted molar refractivity (Wildman–Crippen MR) is 228 cm³/mol. The summed E-state index contributed by atoms with van der Waals surface area (Å²) < 4.78 is 11.8. The Morgan fingerprint density at radius 3 is 2.11 bits per heavy atom. The van der Waals surface area contributed by atoms with E-state index in [1.807, 2.05) is 20.8 Å². The summed E-state index contributed by atoms with van der Waals surface area (Å²) in [6.45, 7) is 13.9. The highest BCUT2D eigenvalue weighted by Crippen LogP contribution is 2.45. The van der Waals surface area contributed by atoms with Crippen molar-refractivity contribution < 1.29 is 34.1 Å². The second-order valence-corrected chi connectivity index (χ2v) is 17.4. The highest BCUT2D eigenvalue weighted by Gasteiger charge is 2.43. The molecule has 2 rings (SSSR count). The second kappa shape index (κ2) is 28.8. The predicted octanol–water partition coefficient (Wildman–Crippen LogP) is 9.31. The van der Waals surface area contributed by atoms with Gasteiger partial charge in [-0.1, -0.05) is 109 Å². The van der Waals surface area contributed by atoms with Crippen LogP contribution in [0.5, 0.6) is 0 Å². The number of allylic oxidation sites excluding steroid dienone is 5. The molecule has 9 nitrogen and oxygen atoms in total. The van der Waals surface area contributed by atoms with E-state index >= 15 is 0 Å². The van der Waals surface area contributed by atoms with E-state index in [4.69, 9.17) is 9.47 Å². The van der Waals surface area contributed by atoms with Crippen molar-refractivity contribution in [1.82, 2.24) is 10.6 Å². The Morgan fingerprint density at radius 1 is 0.857 bits per heavy atom. The molecule has 56 heavy (non-hydrogen) atoms. The SMILES string of the molecule is CCCCCCCCC=CCCCCCCCC(=O)NCCOCCNC(=O)CC(O)CC(O)CCC1C(C)C=CC2=CC(C)CC(OC(=O)C(C)(C)CC)C21. The van der Waals surface area contributed by atoms with Crippen molar-refractivity contribution >= 4 is 17.8 Å². The Labute approximate surface area is 341 Å². The third-order valence-corrected chi connectivity index (χ3v) is 11.9. The Morgan fingerprint density at radius 2 is 1.46 bits per heavy atom. The van der Waals surface area contributed by atoms with E-state index in [-0.39, 0.29) is 54.5 Å². The van der Waals surface area contributed by atoms with Crippen LogP contribution < -0.4 is 10.6 Å². The largest absolute Gasteiger partial charge is 0.461 e. The molecule has 0 radical (unpaired) electrons. The fraction of sp³-hybridized carbons (Fsp3) is 0.809. The third-order valence-electron chi connectivity index (χ3n) is 11.9. The molecule has 2 amide bonds. The molecule has 0 aromatic rings. The van der Waals surface area contributed by atoms with Crippen LogP contribution in [0.2, 0.25) is 0 Å². The number of aliphatic hydroxyl groups is 2. The molecule has 9 heteroatoms. The van der Waals surface area contributed by atoms with Crippen LogP contribution in [-0.2, 0) is 23.9 Å². The van der Waals surface area contributed by atoms with E-state index in [1.165, 1.54) is 69.8 Å². The van der Waals surface area contributed by atoms with Crippen molar-refractivity contribution in [2.24, 2.45) is 29.1 Å². The lowest BCUT2D eigenvalue weighted by Gasteiger charge is -2.44. The average Bonchev–Trinajstić information content (AvgIpc) is 3.15. The number of aliphatic hydroxyl groups excluding tert-OH is 2. The molecule has 0 fully saturated rings. The highest BCUT2D eigenvalue weighted by atomic mass is 16.5. The zero-order valence-corrected chi connectivity index (χ0v) is 36.3. The summed E-state index contributed by atoms with van der Waals surface area (Å²) in [4.78, 5) is 37.6. The van der Waals surface area contributed by atoms with Gasteiger partial charge in [-0.05, 0) is 101 Å². The van der Waals surface area contributed by atoms with Crippen molar-refractivity contribution in [2.75, 3.05) is 26.3 Å². The van der Waals surface area contributed by atoms with Gasteiger partial charge in [0.05, 0.1) is 37.3 Å². The minimum absolute atomic E-state index is 0.0484. The van der Waals surface area contributed by atoms with Crippen LogP contribution in [0.15, 0.2) is 36.0 Å². The van der Waals surface area contributed by atoms with Crippen molar-refractivity contribution in [3.8, 4) is 0 Å². The van der Waals surface area contributed by atoms with Crippen LogP contribution in [-0.4, -0.2) is 72.6 Å². The molecule has 0 aliphatic heterocycles. The van der Waals surface area contributed by atoms with Gasteiger partial charge < -0.3 is 30.3 Å². The van der Waals surface area contributed by atoms with Gasteiger partial charge in [-0.3, -0.25) is 14.4 Å². The zero-order chi connectivity index (χ0) is 41.2. The standard InChI is InChI=1S/C47H82N2O7/c1-7-9-10-11-12-13-14-15-16-17-18-19-20-21-22-23-43(52)48-28-30-55-31-29-49-44(53)35-40(51)34-39(50)26-27-41-37(4)24-25-38-32-36(3)33-42(45(38)41)56-46(54)47(5,6)8-2/h15-16,24-25,32,36-37,39-42,45,50-51H,7-14,17-23,26-31,33-35H2,1-6H3,(H,48,52)(H,49,53). The molecule has 4 N–H and O–H groups in total. The summed E-state index contributed by atoms with van der Waals surface area (Å²) >= 11 is 0. The van der Waals surface area contributed by atoms with Gasteiger partial charge in [0.2, 0.25) is 11.8 Å². The minimum Gasteiger partial charge on any atom is -0.461 e. The molecule has 0 aromatic heterocycles. The Balaban J connectivity index is 1.52. The number of amides is 2. The van der Waals surface area contributed by atoms with Crippen molar-refractivity contribution in [2.45, 2.75) is 188 Å². The first-order chi connectivity index (χ1) is 26.9. The van der Waals surface area contributed by atoms with Gasteiger partial charge in [0.25, 0.3) is 0 Å². The number of esters is 1. The first-order valence-electron chi connectivity index (χ1n) is 22.6. The van der Waals surface area contributed by atoms with Crippen LogP contribution in [0, 0.1) is 29.1 Å². The second-order valence-electron chi connectivity index (χ2n) is 17.4. The topological polar surface area (TPSA) is 134 Å². The van der Waals surface area contributed by atoms with Crippen molar-refractivity contribution in [1.29, 1.82) is 0 Å². The lowest BCUT2D eigenvalue weighted by Crippen LogP contribution is -2.43. The molecule has 7 atom stereocenters. The summed E-state index contributed by atoms with van der Waals surface area (Å²) in [6.07, 6.45) is 28.8. The van der Waals surface area contributed by atoms with Crippen LogP contribution in [0.3, 0.4) is 0 Å². The maximum absolute atomic E-state index is 13.1. The molecule has 0 bridgehead atoms. The molecule has 0 aromatic carbocycles. The van der Waals surface area contributed by atoms with E-state index in [1.54, 1.807) is 0 Å². The van der Waals surface area contributed by atoms with Crippen LogP contribution in [0.25, 0.3) is 0 Å². The molecular formula is C47H82N2O7. The number of carbonyl (C=O) groups is 3. The van der Waals surface area contributed by atoms with Crippen LogP contribution >= 0.6 is 0 Å². The molecule has 2 aliphatic rings. The number of nitrogens with one attached hydrogen (secondary N) is 2. The van der Waals surface area contributed by atoms with E-state index < -0.39 is 17.6 Å². The molecular weight excluding hydrogens is 705 g/mol. The number of carbonyl (C=O) groups excluding carboxylic acids is 3. The number of hydrogen-bond donors (Lipinski definition) is 4. The summed E-state index contributed by atoms with van der Waals surface area (Å²) in [5.41, 5.74) is 0.674. The van der Waals surface area contributed by atoms with E-state index in [0.717, 1.165) is 32.1 Å². The summed E-state index contributed by atoms with van der Waals surface area (Å²) in [5, 5.41) is 27.1. The molecule has 2 aliphatic carbocycles. The highest BCUT2D eigenvalue weighted by molar-refractivity contribution is 5.77. The molecule has 0 saturated carbocycles. The summed E-state index contributed by atoms with van der Waals surface area (Å²) in [5.74, 6) is 0.439. The number of ether oxygens (including phenoxy) is 2. The Kier molecular flexibility index (Phi) is 25.6. The number of fused-ring (bicyclic) bond motifs is 1. The van der Waals surface area contributed by atoms with Gasteiger partial charge in [0.1, 0.15) is 6.10 Å². The lowest BCUT2D eigenvalue weighted by molar-refractivity contribution is -0.164.